The largest absolute Gasteiger partial charge is 0.562 e. The van der Waals surface area contributed by atoms with Gasteiger partial charge in [-0.25, -0.2) is 0 Å². The van der Waals surface area contributed by atoms with Crippen LogP contribution in [-0.4, -0.2) is 0 Å². The van der Waals surface area contributed by atoms with Crippen molar-refractivity contribution >= 4 is 54.6 Å². The van der Waals surface area contributed by atoms with Gasteiger partial charge in [0.15, 0.2) is 0 Å². The number of nitriles is 2. The minimum atomic E-state index is -0.0565. The summed E-state index contributed by atoms with van der Waals surface area (Å²) in [6.07, 6.45) is 16.2. The Morgan fingerprint density at radius 1 is 0.714 bits per heavy atom. The van der Waals surface area contributed by atoms with Crippen LogP contribution in [0.4, 0.5) is 0 Å². The van der Waals surface area contributed by atoms with E-state index >= 15 is 0 Å². The summed E-state index contributed by atoms with van der Waals surface area (Å²) in [5.41, 5.74) is 3.52. The maximum absolute atomic E-state index is 9.62. The summed E-state index contributed by atoms with van der Waals surface area (Å²) in [5.74, 6) is -0.0565. The molecule has 0 unspecified atom stereocenters. The van der Waals surface area contributed by atoms with Crippen LogP contribution in [0.5, 0.6) is 0 Å². The molecule has 0 atom stereocenters. The molecule has 0 aliphatic heterocycles. The first-order valence-electron chi connectivity index (χ1n) is 15.3. The van der Waals surface area contributed by atoms with Crippen molar-refractivity contribution in [2.24, 2.45) is 0 Å². The van der Waals surface area contributed by atoms with Crippen LogP contribution in [0, 0.1) is 35.8 Å². The lowest BCUT2D eigenvalue weighted by molar-refractivity contribution is 0.579. The van der Waals surface area contributed by atoms with E-state index in [0.717, 1.165) is 75.9 Å². The van der Waals surface area contributed by atoms with Crippen molar-refractivity contribution < 1.29 is 4.42 Å². The number of aryl methyl sites for hydroxylation is 2. The van der Waals surface area contributed by atoms with Gasteiger partial charge in [-0.1, -0.05) is 78.1 Å². The van der Waals surface area contributed by atoms with Crippen LogP contribution in [0.1, 0.15) is 102 Å². The third-order valence-electron chi connectivity index (χ3n) is 8.07. The molecular weight excluding hydrogens is 536 g/mol. The predicted molar refractivity (Wildman–Crippen MR) is 174 cm³/mol. The molecule has 2 heterocycles. The number of fused-ring (bicyclic) bond motifs is 5. The molecule has 2 aromatic heterocycles. The predicted octanol–water partition coefficient (Wildman–Crippen LogP) is 9.71. The molecule has 42 heavy (non-hydrogen) atoms. The molecule has 4 aromatic rings. The van der Waals surface area contributed by atoms with E-state index in [1.807, 2.05) is 12.1 Å². The minimum Gasteiger partial charge on any atom is -0.459 e. The average Bonchev–Trinajstić information content (AvgIpc) is 3.64. The van der Waals surface area contributed by atoms with Crippen LogP contribution in [-0.2, 0) is 12.8 Å². The number of unbranched alkanes of at least 4 members (excludes halogenated alkanes) is 10. The molecule has 0 saturated carbocycles. The van der Waals surface area contributed by atoms with Crippen molar-refractivity contribution in [3.8, 4) is 12.1 Å². The van der Waals surface area contributed by atoms with Gasteiger partial charge in [0.05, 0.1) is 4.53 Å². The highest BCUT2D eigenvalue weighted by atomic mass is 32.1. The van der Waals surface area contributed by atoms with Crippen LogP contribution in [0.3, 0.4) is 0 Å². The molecule has 4 rings (SSSR count). The van der Waals surface area contributed by atoms with Gasteiger partial charge in [0, 0.05) is 20.9 Å². The lowest BCUT2D eigenvalue weighted by Gasteiger charge is -2.11. The lowest BCUT2D eigenvalue weighted by Crippen LogP contribution is -1.95. The van der Waals surface area contributed by atoms with E-state index in [1.165, 1.54) is 68.3 Å². The fourth-order valence-electron chi connectivity index (χ4n) is 5.80. The van der Waals surface area contributed by atoms with Crippen molar-refractivity contribution in [1.29, 1.82) is 10.5 Å². The van der Waals surface area contributed by atoms with Crippen LogP contribution in [0.2, 0.25) is 0 Å². The SMILES string of the molecule is [C-]#[N+]C([N+]#[C-])=c1cc2c(CCCCCCCC)cc3c(cc(CCCCCCCC)c4cc(=C(C#N)C#N)sc43)c2o1. The van der Waals surface area contributed by atoms with Gasteiger partial charge in [-0.15, -0.1) is 11.3 Å². The number of hydrogen-bond donors (Lipinski definition) is 0. The van der Waals surface area contributed by atoms with Crippen LogP contribution in [0.25, 0.3) is 52.9 Å². The molecule has 214 valence electrons. The Morgan fingerprint density at radius 2 is 1.26 bits per heavy atom. The fraction of sp³-hybridized carbons (Fsp3) is 0.444. The van der Waals surface area contributed by atoms with E-state index in [2.05, 4.69) is 47.8 Å². The topological polar surface area (TPSA) is 69.4 Å². The van der Waals surface area contributed by atoms with E-state index in [1.54, 1.807) is 0 Å². The molecule has 0 radical (unpaired) electrons. The number of thiophene rings is 1. The summed E-state index contributed by atoms with van der Waals surface area (Å²) in [6.45, 7) is 19.4. The van der Waals surface area contributed by atoms with Gasteiger partial charge in [0.25, 0.3) is 0 Å². The smallest absolute Gasteiger partial charge is 0.459 e. The number of furan rings is 1. The van der Waals surface area contributed by atoms with Crippen molar-refractivity contribution in [1.82, 2.24) is 0 Å². The van der Waals surface area contributed by atoms with E-state index in [0.29, 0.717) is 9.95 Å². The normalized spacial score (nSPS) is 10.9. The van der Waals surface area contributed by atoms with Crippen molar-refractivity contribution in [3.05, 3.63) is 68.2 Å². The first kappa shape index (κ1) is 30.8. The van der Waals surface area contributed by atoms with Gasteiger partial charge < -0.3 is 4.42 Å². The van der Waals surface area contributed by atoms with Crippen LogP contribution in [0.15, 0.2) is 28.7 Å². The molecule has 0 aliphatic rings. The third kappa shape index (κ3) is 6.85. The number of hydrogen-bond acceptors (Lipinski definition) is 4. The zero-order chi connectivity index (χ0) is 29.9. The Balaban J connectivity index is 1.91. The highest BCUT2D eigenvalue weighted by molar-refractivity contribution is 7.18. The monoisotopic (exact) mass is 574 g/mol. The Morgan fingerprint density at radius 3 is 1.83 bits per heavy atom. The van der Waals surface area contributed by atoms with Gasteiger partial charge in [0.1, 0.15) is 36.4 Å². The molecule has 0 fully saturated rings. The summed E-state index contributed by atoms with van der Waals surface area (Å²) >= 11 is 1.50. The zero-order valence-corrected chi connectivity index (χ0v) is 25.6. The Bertz CT molecular complexity index is 1690. The molecule has 0 amide bonds. The number of benzene rings is 2. The van der Waals surface area contributed by atoms with E-state index < -0.39 is 0 Å². The Hall–Kier alpha value is -4.10. The van der Waals surface area contributed by atoms with Crippen LogP contribution >= 0.6 is 11.3 Å². The maximum atomic E-state index is 9.62. The van der Waals surface area contributed by atoms with Gasteiger partial charge in [-0.3, -0.25) is 0 Å². The molecule has 0 saturated heterocycles. The van der Waals surface area contributed by atoms with E-state index in [9.17, 15) is 10.5 Å². The molecule has 5 nitrogen and oxygen atoms in total. The molecule has 6 heteroatoms. The Kier molecular flexibility index (Phi) is 11.2. The summed E-state index contributed by atoms with van der Waals surface area (Å²) in [5, 5.41) is 23.3. The molecule has 0 bridgehead atoms. The first-order valence-corrected chi connectivity index (χ1v) is 16.2. The van der Waals surface area contributed by atoms with Gasteiger partial charge >= 0.3 is 5.82 Å². The maximum Gasteiger partial charge on any atom is 0.562 e. The second-order valence-electron chi connectivity index (χ2n) is 11.1. The molecular formula is C36H38N4OS. The Labute approximate surface area is 253 Å². The number of rotatable bonds is 14. The second kappa shape index (κ2) is 15.2. The summed E-state index contributed by atoms with van der Waals surface area (Å²) in [7, 11) is 0. The minimum absolute atomic E-state index is 0.0565. The second-order valence-corrected chi connectivity index (χ2v) is 12.1. The highest BCUT2D eigenvalue weighted by Gasteiger charge is 2.19. The van der Waals surface area contributed by atoms with E-state index in [4.69, 9.17) is 17.6 Å². The van der Waals surface area contributed by atoms with Crippen LogP contribution < -0.4 is 9.95 Å². The summed E-state index contributed by atoms with van der Waals surface area (Å²) in [4.78, 5) is 6.85. The quantitative estimate of drug-likeness (QED) is 0.111. The lowest BCUT2D eigenvalue weighted by atomic mass is 9.94. The van der Waals surface area contributed by atoms with Crippen molar-refractivity contribution in [2.45, 2.75) is 104 Å². The van der Waals surface area contributed by atoms with Gasteiger partial charge in [0.2, 0.25) is 5.42 Å². The molecule has 0 spiro atoms. The van der Waals surface area contributed by atoms with Gasteiger partial charge in [-0.05, 0) is 66.5 Å². The molecule has 0 aliphatic carbocycles. The zero-order valence-electron chi connectivity index (χ0n) is 24.8. The first-order chi connectivity index (χ1) is 20.6. The van der Waals surface area contributed by atoms with Crippen molar-refractivity contribution in [3.63, 3.8) is 0 Å². The summed E-state index contributed by atoms with van der Waals surface area (Å²) < 4.78 is 8.09. The van der Waals surface area contributed by atoms with E-state index in [-0.39, 0.29) is 11.4 Å². The standard InChI is InChI=1S/C36H38N4OS/c1-5-7-9-11-13-15-17-25-20-31-30(34-28(25)21-32(41-34)36(39-3)40-4)19-26(18-16-14-12-10-8-6-2)29-22-33(42-35(29)31)27(23-37)24-38/h19-22H,5-18H2,1-2H3. The highest BCUT2D eigenvalue weighted by Crippen LogP contribution is 2.38. The van der Waals surface area contributed by atoms with Crippen molar-refractivity contribution in [2.75, 3.05) is 0 Å². The molecule has 0 N–H and O–H groups in total. The third-order valence-corrected chi connectivity index (χ3v) is 9.26. The summed E-state index contributed by atoms with van der Waals surface area (Å²) in [6, 6.07) is 12.5. The fourth-order valence-corrected chi connectivity index (χ4v) is 6.97. The number of nitrogens with zero attached hydrogens (tertiary/aromatic N) is 4. The van der Waals surface area contributed by atoms with Gasteiger partial charge in [-0.2, -0.15) is 20.2 Å². The molecule has 2 aromatic carbocycles. The average molecular weight is 575 g/mol.